The summed E-state index contributed by atoms with van der Waals surface area (Å²) in [6.45, 7) is 2.74. The van der Waals surface area contributed by atoms with Gasteiger partial charge in [0.2, 0.25) is 0 Å². The number of thiophene rings is 1. The van der Waals surface area contributed by atoms with E-state index in [1.54, 1.807) is 10.6 Å². The summed E-state index contributed by atoms with van der Waals surface area (Å²) in [6.07, 6.45) is 1.92. The van der Waals surface area contributed by atoms with Crippen LogP contribution in [0.2, 0.25) is 5.02 Å². The van der Waals surface area contributed by atoms with E-state index in [1.165, 1.54) is 35.2 Å². The highest BCUT2D eigenvalue weighted by Gasteiger charge is 2.13. The average Bonchev–Trinajstić information content (AvgIpc) is 3.02. The molecule has 2 heterocycles. The molecule has 0 spiro atoms. The minimum atomic E-state index is -0.355. The summed E-state index contributed by atoms with van der Waals surface area (Å²) in [4.78, 5) is 17.3. The van der Waals surface area contributed by atoms with Crippen LogP contribution < -0.4 is 5.56 Å². The van der Waals surface area contributed by atoms with Gasteiger partial charge in [0.15, 0.2) is 5.16 Å². The number of hydrogen-bond donors (Lipinski definition) is 0. The number of halogens is 2. The minimum Gasteiger partial charge on any atom is -0.286 e. The van der Waals surface area contributed by atoms with Crippen molar-refractivity contribution in [1.29, 1.82) is 0 Å². The number of thioether (sulfide) groups is 1. The molecule has 2 aromatic heterocycles. The minimum absolute atomic E-state index is 0.0103. The molecule has 0 aliphatic rings. The first-order chi connectivity index (χ1) is 11.6. The van der Waals surface area contributed by atoms with Crippen molar-refractivity contribution in [2.75, 3.05) is 0 Å². The lowest BCUT2D eigenvalue weighted by atomic mass is 10.2. The van der Waals surface area contributed by atoms with Crippen LogP contribution in [0.3, 0.4) is 0 Å². The van der Waals surface area contributed by atoms with Gasteiger partial charge in [-0.25, -0.2) is 9.37 Å². The Kier molecular flexibility index (Phi) is 5.58. The van der Waals surface area contributed by atoms with Crippen molar-refractivity contribution in [3.05, 3.63) is 56.4 Å². The summed E-state index contributed by atoms with van der Waals surface area (Å²) in [5.74, 6) is 0.180. The zero-order chi connectivity index (χ0) is 17.1. The maximum atomic E-state index is 13.2. The average molecular weight is 383 g/mol. The smallest absolute Gasteiger partial charge is 0.272 e. The van der Waals surface area contributed by atoms with E-state index in [0.717, 1.165) is 23.9 Å². The standard InChI is InChI=1S/C17H16ClFN2OS2/c1-2-3-7-21-16(22)15-14(6-8-23-15)20-17(21)24-10-11-4-5-12(19)9-13(11)18/h4-6,8-9H,2-3,7,10H2,1H3. The number of aromatic nitrogens is 2. The molecule has 24 heavy (non-hydrogen) atoms. The first-order valence-electron chi connectivity index (χ1n) is 7.65. The van der Waals surface area contributed by atoms with Gasteiger partial charge >= 0.3 is 0 Å². The van der Waals surface area contributed by atoms with Gasteiger partial charge in [-0.1, -0.05) is 42.8 Å². The highest BCUT2D eigenvalue weighted by Crippen LogP contribution is 2.27. The van der Waals surface area contributed by atoms with E-state index in [4.69, 9.17) is 11.6 Å². The van der Waals surface area contributed by atoms with Crippen molar-refractivity contribution in [3.63, 3.8) is 0 Å². The summed E-state index contributed by atoms with van der Waals surface area (Å²) in [6, 6.07) is 6.22. The van der Waals surface area contributed by atoms with E-state index in [-0.39, 0.29) is 11.4 Å². The van der Waals surface area contributed by atoms with E-state index in [2.05, 4.69) is 11.9 Å². The quantitative estimate of drug-likeness (QED) is 0.426. The largest absolute Gasteiger partial charge is 0.286 e. The molecule has 0 N–H and O–H groups in total. The molecule has 0 fully saturated rings. The van der Waals surface area contributed by atoms with Crippen LogP contribution in [-0.2, 0) is 12.3 Å². The van der Waals surface area contributed by atoms with E-state index in [9.17, 15) is 9.18 Å². The molecular weight excluding hydrogens is 367 g/mol. The molecule has 1 aromatic carbocycles. The molecule has 0 aliphatic carbocycles. The third kappa shape index (κ3) is 3.66. The molecule has 0 aliphatic heterocycles. The monoisotopic (exact) mass is 382 g/mol. The molecule has 0 unspecified atom stereocenters. The Bertz CT molecular complexity index is 923. The van der Waals surface area contributed by atoms with Crippen LogP contribution in [0.5, 0.6) is 0 Å². The third-order valence-corrected chi connectivity index (χ3v) is 5.91. The van der Waals surface area contributed by atoms with Gasteiger partial charge in [0.1, 0.15) is 10.5 Å². The molecule has 0 bridgehead atoms. The predicted molar refractivity (Wildman–Crippen MR) is 99.8 cm³/mol. The molecule has 3 nitrogen and oxygen atoms in total. The highest BCUT2D eigenvalue weighted by molar-refractivity contribution is 7.98. The first kappa shape index (κ1) is 17.5. The van der Waals surface area contributed by atoms with Gasteiger partial charge in [-0.3, -0.25) is 9.36 Å². The van der Waals surface area contributed by atoms with Crippen molar-refractivity contribution in [2.24, 2.45) is 0 Å². The zero-order valence-electron chi connectivity index (χ0n) is 13.1. The Morgan fingerprint density at radius 2 is 2.21 bits per heavy atom. The second kappa shape index (κ2) is 7.68. The van der Waals surface area contributed by atoms with Gasteiger partial charge in [-0.2, -0.15) is 0 Å². The van der Waals surface area contributed by atoms with Crippen molar-refractivity contribution >= 4 is 44.9 Å². The fourth-order valence-electron chi connectivity index (χ4n) is 2.33. The Labute approximate surface area is 152 Å². The van der Waals surface area contributed by atoms with Crippen molar-refractivity contribution < 1.29 is 4.39 Å². The highest BCUT2D eigenvalue weighted by atomic mass is 35.5. The molecule has 0 atom stereocenters. The molecule has 0 amide bonds. The molecule has 0 radical (unpaired) electrons. The van der Waals surface area contributed by atoms with Crippen LogP contribution >= 0.6 is 34.7 Å². The Morgan fingerprint density at radius 1 is 1.38 bits per heavy atom. The summed E-state index contributed by atoms with van der Waals surface area (Å²) in [7, 11) is 0. The molecule has 3 rings (SSSR count). The second-order valence-corrected chi connectivity index (χ2v) is 7.63. The van der Waals surface area contributed by atoms with E-state index in [0.29, 0.717) is 27.2 Å². The van der Waals surface area contributed by atoms with Gasteiger partial charge in [-0.05, 0) is 35.6 Å². The number of benzene rings is 1. The van der Waals surface area contributed by atoms with Crippen molar-refractivity contribution in [3.8, 4) is 0 Å². The number of rotatable bonds is 6. The molecule has 126 valence electrons. The molecular formula is C17H16ClFN2OS2. The fraction of sp³-hybridized carbons (Fsp3) is 0.294. The van der Waals surface area contributed by atoms with E-state index >= 15 is 0 Å². The van der Waals surface area contributed by atoms with Crippen LogP contribution in [0.4, 0.5) is 4.39 Å². The van der Waals surface area contributed by atoms with Gasteiger partial charge in [0, 0.05) is 17.3 Å². The summed E-state index contributed by atoms with van der Waals surface area (Å²) >= 11 is 8.96. The lowest BCUT2D eigenvalue weighted by molar-refractivity contribution is 0.558. The zero-order valence-corrected chi connectivity index (χ0v) is 15.5. The second-order valence-electron chi connectivity index (χ2n) is 5.36. The molecule has 3 aromatic rings. The fourth-order valence-corrected chi connectivity index (χ4v) is 4.45. The van der Waals surface area contributed by atoms with Gasteiger partial charge in [-0.15, -0.1) is 11.3 Å². The molecule has 7 heteroatoms. The van der Waals surface area contributed by atoms with Crippen LogP contribution in [0, 0.1) is 5.82 Å². The summed E-state index contributed by atoms with van der Waals surface area (Å²) in [5, 5.41) is 2.95. The number of nitrogens with zero attached hydrogens (tertiary/aromatic N) is 2. The Hall–Kier alpha value is -1.37. The number of hydrogen-bond acceptors (Lipinski definition) is 4. The first-order valence-corrected chi connectivity index (χ1v) is 9.89. The van der Waals surface area contributed by atoms with Gasteiger partial charge < -0.3 is 0 Å². The lowest BCUT2D eigenvalue weighted by Crippen LogP contribution is -2.22. The molecule has 0 saturated carbocycles. The van der Waals surface area contributed by atoms with Gasteiger partial charge in [0.05, 0.1) is 5.52 Å². The molecule has 0 saturated heterocycles. The third-order valence-electron chi connectivity index (χ3n) is 3.64. The maximum absolute atomic E-state index is 13.2. The van der Waals surface area contributed by atoms with E-state index < -0.39 is 0 Å². The van der Waals surface area contributed by atoms with Crippen LogP contribution in [-0.4, -0.2) is 9.55 Å². The Balaban J connectivity index is 1.93. The van der Waals surface area contributed by atoms with E-state index in [1.807, 2.05) is 11.4 Å². The summed E-state index contributed by atoms with van der Waals surface area (Å²) in [5.41, 5.74) is 1.56. The normalized spacial score (nSPS) is 11.3. The number of fused-ring (bicyclic) bond motifs is 1. The van der Waals surface area contributed by atoms with Crippen LogP contribution in [0.25, 0.3) is 10.2 Å². The van der Waals surface area contributed by atoms with Crippen LogP contribution in [0.1, 0.15) is 25.3 Å². The predicted octanol–water partition coefficient (Wildman–Crippen LogP) is 5.34. The van der Waals surface area contributed by atoms with Crippen molar-refractivity contribution in [2.45, 2.75) is 37.2 Å². The SMILES string of the molecule is CCCCn1c(SCc2ccc(F)cc2Cl)nc2ccsc2c1=O. The summed E-state index contributed by atoms with van der Waals surface area (Å²) < 4.78 is 15.6. The maximum Gasteiger partial charge on any atom is 0.272 e. The topological polar surface area (TPSA) is 34.9 Å². The lowest BCUT2D eigenvalue weighted by Gasteiger charge is -2.12. The number of unbranched alkanes of at least 4 members (excludes halogenated alkanes) is 1. The van der Waals surface area contributed by atoms with Gasteiger partial charge in [0.25, 0.3) is 5.56 Å². The van der Waals surface area contributed by atoms with Crippen LogP contribution in [0.15, 0.2) is 39.6 Å². The Morgan fingerprint density at radius 3 is 2.96 bits per heavy atom. The van der Waals surface area contributed by atoms with Crippen molar-refractivity contribution in [1.82, 2.24) is 9.55 Å².